The first-order valence-corrected chi connectivity index (χ1v) is 8.56. The highest BCUT2D eigenvalue weighted by Crippen LogP contribution is 2.45. The van der Waals surface area contributed by atoms with Crippen LogP contribution >= 0.6 is 0 Å². The minimum atomic E-state index is 0.219. The van der Waals surface area contributed by atoms with Crippen molar-refractivity contribution in [3.63, 3.8) is 0 Å². The Morgan fingerprint density at radius 3 is 2.39 bits per heavy atom. The first kappa shape index (κ1) is 14.5. The van der Waals surface area contributed by atoms with Crippen LogP contribution in [0.5, 0.6) is 0 Å². The molecule has 0 aromatic heterocycles. The minimum absolute atomic E-state index is 0.219. The minimum Gasteiger partial charge on any atom is -0.0692 e. The molecule has 2 aromatic carbocycles. The van der Waals surface area contributed by atoms with E-state index in [9.17, 15) is 0 Å². The average molecular weight is 300 g/mol. The van der Waals surface area contributed by atoms with Crippen molar-refractivity contribution in [2.45, 2.75) is 40.0 Å². The molecule has 2 aliphatic rings. The lowest BCUT2D eigenvalue weighted by Crippen LogP contribution is -2.06. The van der Waals surface area contributed by atoms with Gasteiger partial charge in [0.25, 0.3) is 0 Å². The Hall–Kier alpha value is -2.08. The molecule has 23 heavy (non-hydrogen) atoms. The zero-order valence-electron chi connectivity index (χ0n) is 14.5. The maximum Gasteiger partial charge on any atom is 0.0237 e. The summed E-state index contributed by atoms with van der Waals surface area (Å²) in [5.74, 6) is 0.438. The number of rotatable bonds is 1. The second-order valence-electron chi connectivity index (χ2n) is 7.95. The average Bonchev–Trinajstić information content (AvgIpc) is 3.07. The summed E-state index contributed by atoms with van der Waals surface area (Å²) in [6.07, 6.45) is 5.95. The highest BCUT2D eigenvalue weighted by atomic mass is 14.3. The van der Waals surface area contributed by atoms with Crippen LogP contribution < -0.4 is 0 Å². The van der Waals surface area contributed by atoms with E-state index in [2.05, 4.69) is 82.3 Å². The number of hydrogen-bond donors (Lipinski definition) is 0. The maximum absolute atomic E-state index is 2.48. The summed E-state index contributed by atoms with van der Waals surface area (Å²) in [5.41, 5.74) is 10.5. The third kappa shape index (κ3) is 2.28. The number of benzene rings is 2. The SMILES string of the molecule is CC1=CC(C(C)(C)C)=CC1c1cccc2c1Cc1ccccc1-2. The summed E-state index contributed by atoms with van der Waals surface area (Å²) in [6.45, 7) is 9.18. The molecule has 0 spiro atoms. The molecule has 116 valence electrons. The fraction of sp³-hybridized carbons (Fsp3) is 0.304. The normalized spacial score (nSPS) is 19.2. The molecule has 0 bridgehead atoms. The predicted octanol–water partition coefficient (Wildman–Crippen LogP) is 6.27. The van der Waals surface area contributed by atoms with Crippen LogP contribution in [0.25, 0.3) is 11.1 Å². The monoisotopic (exact) mass is 300 g/mol. The third-order valence-electron chi connectivity index (χ3n) is 5.31. The van der Waals surface area contributed by atoms with Crippen molar-refractivity contribution in [3.8, 4) is 11.1 Å². The van der Waals surface area contributed by atoms with Gasteiger partial charge in [-0.05, 0) is 52.1 Å². The molecule has 0 nitrogen and oxygen atoms in total. The van der Waals surface area contributed by atoms with Crippen molar-refractivity contribution in [1.29, 1.82) is 0 Å². The summed E-state index contributed by atoms with van der Waals surface area (Å²) in [4.78, 5) is 0. The maximum atomic E-state index is 2.48. The van der Waals surface area contributed by atoms with Crippen molar-refractivity contribution in [1.82, 2.24) is 0 Å². The van der Waals surface area contributed by atoms with E-state index in [1.807, 2.05) is 0 Å². The second-order valence-corrected chi connectivity index (χ2v) is 7.95. The lowest BCUT2D eigenvalue weighted by atomic mass is 9.86. The second kappa shape index (κ2) is 4.96. The van der Waals surface area contributed by atoms with E-state index in [0.717, 1.165) is 6.42 Å². The topological polar surface area (TPSA) is 0 Å². The van der Waals surface area contributed by atoms with E-state index in [4.69, 9.17) is 0 Å². The molecule has 2 aromatic rings. The summed E-state index contributed by atoms with van der Waals surface area (Å²) >= 11 is 0. The van der Waals surface area contributed by atoms with Gasteiger partial charge in [0.2, 0.25) is 0 Å². The van der Waals surface area contributed by atoms with Gasteiger partial charge in [-0.25, -0.2) is 0 Å². The largest absolute Gasteiger partial charge is 0.0692 e. The van der Waals surface area contributed by atoms with E-state index < -0.39 is 0 Å². The van der Waals surface area contributed by atoms with Crippen molar-refractivity contribution >= 4 is 0 Å². The van der Waals surface area contributed by atoms with Gasteiger partial charge >= 0.3 is 0 Å². The van der Waals surface area contributed by atoms with Crippen LogP contribution in [-0.2, 0) is 6.42 Å². The lowest BCUT2D eigenvalue weighted by molar-refractivity contribution is 0.517. The van der Waals surface area contributed by atoms with Gasteiger partial charge in [-0.1, -0.05) is 81.0 Å². The van der Waals surface area contributed by atoms with Crippen LogP contribution in [0.4, 0.5) is 0 Å². The Bertz CT molecular complexity index is 841. The molecular weight excluding hydrogens is 276 g/mol. The zero-order valence-corrected chi connectivity index (χ0v) is 14.5. The summed E-state index contributed by atoms with van der Waals surface area (Å²) in [6, 6.07) is 15.7. The molecule has 0 saturated carbocycles. The standard InChI is InChI=1S/C23H24/c1-15-12-17(23(2,3)4)14-21(15)20-11-7-10-19-18-9-6-5-8-16(18)13-22(19)20/h5-12,14,21H,13H2,1-4H3. The van der Waals surface area contributed by atoms with E-state index >= 15 is 0 Å². The molecule has 1 unspecified atom stereocenters. The van der Waals surface area contributed by atoms with Gasteiger partial charge in [0.15, 0.2) is 0 Å². The fourth-order valence-corrected chi connectivity index (χ4v) is 3.97. The van der Waals surface area contributed by atoms with E-state index in [-0.39, 0.29) is 5.41 Å². The highest BCUT2D eigenvalue weighted by Gasteiger charge is 2.28. The number of allylic oxidation sites excluding steroid dienone is 4. The summed E-state index contributed by atoms with van der Waals surface area (Å²) < 4.78 is 0. The van der Waals surface area contributed by atoms with Gasteiger partial charge < -0.3 is 0 Å². The first-order chi connectivity index (χ1) is 10.9. The predicted molar refractivity (Wildman–Crippen MR) is 98.7 cm³/mol. The Labute approximate surface area is 139 Å². The quantitative estimate of drug-likeness (QED) is 0.496. The smallest absolute Gasteiger partial charge is 0.0237 e. The van der Waals surface area contributed by atoms with E-state index in [1.165, 1.54) is 39.0 Å². The van der Waals surface area contributed by atoms with Gasteiger partial charge in [0, 0.05) is 5.92 Å². The van der Waals surface area contributed by atoms with Crippen molar-refractivity contribution in [2.24, 2.45) is 5.41 Å². The Balaban J connectivity index is 1.82. The van der Waals surface area contributed by atoms with Gasteiger partial charge in [0.05, 0.1) is 0 Å². The molecule has 4 rings (SSSR count). The van der Waals surface area contributed by atoms with Gasteiger partial charge in [-0.15, -0.1) is 0 Å². The molecule has 0 radical (unpaired) electrons. The molecule has 0 aliphatic heterocycles. The van der Waals surface area contributed by atoms with Crippen LogP contribution in [0.15, 0.2) is 65.8 Å². The Morgan fingerprint density at radius 1 is 0.913 bits per heavy atom. The molecule has 0 heterocycles. The molecule has 1 atom stereocenters. The van der Waals surface area contributed by atoms with Crippen molar-refractivity contribution in [2.75, 3.05) is 0 Å². The molecule has 0 heteroatoms. The lowest BCUT2D eigenvalue weighted by Gasteiger charge is -2.19. The molecule has 0 amide bonds. The Morgan fingerprint density at radius 2 is 1.65 bits per heavy atom. The molecule has 0 N–H and O–H groups in total. The van der Waals surface area contributed by atoms with E-state index in [0.29, 0.717) is 5.92 Å². The molecule has 2 aliphatic carbocycles. The van der Waals surface area contributed by atoms with Gasteiger partial charge in [0.1, 0.15) is 0 Å². The molecule has 0 fully saturated rings. The van der Waals surface area contributed by atoms with Gasteiger partial charge in [-0.3, -0.25) is 0 Å². The fourth-order valence-electron chi connectivity index (χ4n) is 3.97. The summed E-state index contributed by atoms with van der Waals surface area (Å²) in [7, 11) is 0. The highest BCUT2D eigenvalue weighted by molar-refractivity contribution is 5.78. The molecular formula is C23H24. The molecule has 0 saturated heterocycles. The third-order valence-corrected chi connectivity index (χ3v) is 5.31. The Kier molecular flexibility index (Phi) is 3.13. The van der Waals surface area contributed by atoms with Crippen molar-refractivity contribution < 1.29 is 0 Å². The van der Waals surface area contributed by atoms with Crippen LogP contribution in [-0.4, -0.2) is 0 Å². The van der Waals surface area contributed by atoms with Crippen molar-refractivity contribution in [3.05, 3.63) is 82.5 Å². The van der Waals surface area contributed by atoms with Crippen LogP contribution in [0.2, 0.25) is 0 Å². The first-order valence-electron chi connectivity index (χ1n) is 8.56. The zero-order chi connectivity index (χ0) is 16.2. The van der Waals surface area contributed by atoms with Crippen LogP contribution in [0.1, 0.15) is 50.3 Å². The van der Waals surface area contributed by atoms with Crippen LogP contribution in [0.3, 0.4) is 0 Å². The van der Waals surface area contributed by atoms with Gasteiger partial charge in [-0.2, -0.15) is 0 Å². The van der Waals surface area contributed by atoms with E-state index in [1.54, 1.807) is 0 Å². The number of hydrogen-bond acceptors (Lipinski definition) is 0. The summed E-state index contributed by atoms with van der Waals surface area (Å²) in [5, 5.41) is 0. The number of fused-ring (bicyclic) bond motifs is 3. The van der Waals surface area contributed by atoms with Crippen LogP contribution in [0, 0.1) is 5.41 Å².